The van der Waals surface area contributed by atoms with Gasteiger partial charge in [-0.25, -0.2) is 24.9 Å². The van der Waals surface area contributed by atoms with Gasteiger partial charge in [-0.3, -0.25) is 4.79 Å². The number of hydrogen-bond acceptors (Lipinski definition) is 8. The summed E-state index contributed by atoms with van der Waals surface area (Å²) in [5.74, 6) is 0.778. The number of nitrogens with zero attached hydrogens (tertiary/aromatic N) is 6. The van der Waals surface area contributed by atoms with Crippen molar-refractivity contribution >= 4 is 17.2 Å². The van der Waals surface area contributed by atoms with Gasteiger partial charge in [0, 0.05) is 24.2 Å². The van der Waals surface area contributed by atoms with Crippen LogP contribution < -0.4 is 4.74 Å². The molecule has 0 saturated carbocycles. The SMILES string of the molecule is COc1cnc(C(=O)N2Cc3nc(-c4ncccn4)ncc3C2C)s1. The highest BCUT2D eigenvalue weighted by molar-refractivity contribution is 7.15. The van der Waals surface area contributed by atoms with E-state index in [9.17, 15) is 4.79 Å². The van der Waals surface area contributed by atoms with Crippen LogP contribution >= 0.6 is 11.3 Å². The highest BCUT2D eigenvalue weighted by atomic mass is 32.1. The van der Waals surface area contributed by atoms with Gasteiger partial charge >= 0.3 is 0 Å². The lowest BCUT2D eigenvalue weighted by atomic mass is 10.1. The standard InChI is InChI=1S/C16H14N6O2S/c1-9-10-6-19-14(13-17-4-3-5-18-13)21-11(10)8-22(9)16(23)15-20-7-12(24-2)25-15/h3-7,9H,8H2,1-2H3. The number of amides is 1. The molecule has 1 amide bonds. The molecule has 0 radical (unpaired) electrons. The van der Waals surface area contributed by atoms with Gasteiger partial charge in [-0.05, 0) is 13.0 Å². The fourth-order valence-corrected chi connectivity index (χ4v) is 3.40. The highest BCUT2D eigenvalue weighted by Gasteiger charge is 2.34. The number of methoxy groups -OCH3 is 1. The van der Waals surface area contributed by atoms with Crippen molar-refractivity contribution in [2.24, 2.45) is 0 Å². The number of carbonyl (C=O) groups is 1. The third kappa shape index (κ3) is 2.72. The van der Waals surface area contributed by atoms with E-state index in [2.05, 4.69) is 24.9 Å². The molecular weight excluding hydrogens is 340 g/mol. The summed E-state index contributed by atoms with van der Waals surface area (Å²) in [7, 11) is 1.55. The maximum atomic E-state index is 12.8. The molecule has 1 atom stereocenters. The average Bonchev–Trinajstić information content (AvgIpc) is 3.26. The lowest BCUT2D eigenvalue weighted by Gasteiger charge is -2.19. The highest BCUT2D eigenvalue weighted by Crippen LogP contribution is 2.34. The monoisotopic (exact) mass is 354 g/mol. The minimum Gasteiger partial charge on any atom is -0.486 e. The Morgan fingerprint density at radius 1 is 1.20 bits per heavy atom. The summed E-state index contributed by atoms with van der Waals surface area (Å²) >= 11 is 1.23. The van der Waals surface area contributed by atoms with Crippen molar-refractivity contribution in [2.75, 3.05) is 7.11 Å². The van der Waals surface area contributed by atoms with Crippen LogP contribution in [-0.4, -0.2) is 42.8 Å². The van der Waals surface area contributed by atoms with Crippen molar-refractivity contribution in [3.63, 3.8) is 0 Å². The molecule has 126 valence electrons. The van der Waals surface area contributed by atoms with Crippen LogP contribution in [0.15, 0.2) is 30.9 Å². The van der Waals surface area contributed by atoms with E-state index in [4.69, 9.17) is 4.74 Å². The first-order valence-corrected chi connectivity index (χ1v) is 8.43. The molecule has 1 aliphatic heterocycles. The molecule has 8 nitrogen and oxygen atoms in total. The van der Waals surface area contributed by atoms with Crippen LogP contribution in [0.3, 0.4) is 0 Å². The molecule has 25 heavy (non-hydrogen) atoms. The number of hydrogen-bond donors (Lipinski definition) is 0. The third-order valence-corrected chi connectivity index (χ3v) is 4.98. The number of carbonyl (C=O) groups excluding carboxylic acids is 1. The number of aromatic nitrogens is 5. The first-order chi connectivity index (χ1) is 12.2. The molecule has 0 aliphatic carbocycles. The number of ether oxygens (including phenoxy) is 1. The Morgan fingerprint density at radius 2 is 2.00 bits per heavy atom. The molecule has 4 heterocycles. The van der Waals surface area contributed by atoms with E-state index < -0.39 is 0 Å². The Morgan fingerprint density at radius 3 is 2.72 bits per heavy atom. The summed E-state index contributed by atoms with van der Waals surface area (Å²) < 4.78 is 5.11. The maximum Gasteiger partial charge on any atom is 0.283 e. The summed E-state index contributed by atoms with van der Waals surface area (Å²) in [6.45, 7) is 2.36. The van der Waals surface area contributed by atoms with E-state index in [-0.39, 0.29) is 11.9 Å². The second-order valence-corrected chi connectivity index (χ2v) is 6.46. The molecule has 0 saturated heterocycles. The number of fused-ring (bicyclic) bond motifs is 1. The van der Waals surface area contributed by atoms with Crippen LogP contribution in [0.25, 0.3) is 11.6 Å². The molecule has 0 bridgehead atoms. The average molecular weight is 354 g/mol. The van der Waals surface area contributed by atoms with Gasteiger partial charge in [0.15, 0.2) is 21.7 Å². The van der Waals surface area contributed by atoms with Gasteiger partial charge < -0.3 is 9.64 Å². The van der Waals surface area contributed by atoms with Crippen molar-refractivity contribution in [1.82, 2.24) is 29.8 Å². The van der Waals surface area contributed by atoms with Crippen molar-refractivity contribution in [1.29, 1.82) is 0 Å². The van der Waals surface area contributed by atoms with Crippen molar-refractivity contribution < 1.29 is 9.53 Å². The summed E-state index contributed by atoms with van der Waals surface area (Å²) in [4.78, 5) is 35.9. The zero-order chi connectivity index (χ0) is 17.4. The van der Waals surface area contributed by atoms with Crippen LogP contribution in [0, 0.1) is 0 Å². The van der Waals surface area contributed by atoms with E-state index in [1.807, 2.05) is 6.92 Å². The zero-order valence-electron chi connectivity index (χ0n) is 13.6. The molecule has 3 aromatic rings. The smallest absolute Gasteiger partial charge is 0.283 e. The summed E-state index contributed by atoms with van der Waals surface area (Å²) in [5.41, 5.74) is 1.73. The van der Waals surface area contributed by atoms with E-state index in [0.29, 0.717) is 28.3 Å². The summed E-state index contributed by atoms with van der Waals surface area (Å²) in [6.07, 6.45) is 6.59. The quantitative estimate of drug-likeness (QED) is 0.711. The van der Waals surface area contributed by atoms with E-state index in [0.717, 1.165) is 11.3 Å². The minimum absolute atomic E-state index is 0.122. The molecule has 0 aromatic carbocycles. The predicted octanol–water partition coefficient (Wildman–Crippen LogP) is 2.12. The Hall–Kier alpha value is -2.94. The van der Waals surface area contributed by atoms with Crippen LogP contribution in [0.1, 0.15) is 34.0 Å². The van der Waals surface area contributed by atoms with E-state index >= 15 is 0 Å². The van der Waals surface area contributed by atoms with Crippen LogP contribution in [0.2, 0.25) is 0 Å². The van der Waals surface area contributed by atoms with E-state index in [1.165, 1.54) is 11.3 Å². The third-order valence-electron chi connectivity index (χ3n) is 4.03. The normalized spacial score (nSPS) is 15.9. The largest absolute Gasteiger partial charge is 0.486 e. The predicted molar refractivity (Wildman–Crippen MR) is 90.0 cm³/mol. The summed E-state index contributed by atoms with van der Waals surface area (Å²) in [6, 6.07) is 1.62. The fraction of sp³-hybridized carbons (Fsp3) is 0.250. The zero-order valence-corrected chi connectivity index (χ0v) is 14.4. The lowest BCUT2D eigenvalue weighted by molar-refractivity contribution is 0.0703. The lowest BCUT2D eigenvalue weighted by Crippen LogP contribution is -2.28. The molecular formula is C16H14N6O2S. The maximum absolute atomic E-state index is 12.8. The molecule has 3 aromatic heterocycles. The molecule has 0 spiro atoms. The molecule has 1 aliphatic rings. The Bertz CT molecular complexity index is 929. The number of thiazole rings is 1. The first-order valence-electron chi connectivity index (χ1n) is 7.61. The van der Waals surface area contributed by atoms with Gasteiger partial charge in [0.05, 0.1) is 31.6 Å². The number of rotatable bonds is 3. The fourth-order valence-electron chi connectivity index (χ4n) is 2.71. The van der Waals surface area contributed by atoms with Crippen molar-refractivity contribution in [3.8, 4) is 16.7 Å². The minimum atomic E-state index is -0.142. The van der Waals surface area contributed by atoms with Crippen LogP contribution in [-0.2, 0) is 6.54 Å². The van der Waals surface area contributed by atoms with Gasteiger partial charge in [0.2, 0.25) is 0 Å². The Balaban J connectivity index is 1.62. The molecule has 0 fully saturated rings. The van der Waals surface area contributed by atoms with Gasteiger partial charge in [-0.2, -0.15) is 0 Å². The second kappa shape index (κ2) is 6.17. The second-order valence-electron chi connectivity index (χ2n) is 5.47. The first kappa shape index (κ1) is 15.6. The van der Waals surface area contributed by atoms with Crippen LogP contribution in [0.4, 0.5) is 0 Å². The molecule has 1 unspecified atom stereocenters. The van der Waals surface area contributed by atoms with Gasteiger partial charge in [-0.15, -0.1) is 0 Å². The van der Waals surface area contributed by atoms with Gasteiger partial charge in [0.1, 0.15) is 0 Å². The topological polar surface area (TPSA) is 94.0 Å². The van der Waals surface area contributed by atoms with Crippen molar-refractivity contribution in [2.45, 2.75) is 19.5 Å². The van der Waals surface area contributed by atoms with E-state index in [1.54, 1.807) is 42.9 Å². The van der Waals surface area contributed by atoms with Gasteiger partial charge in [0.25, 0.3) is 5.91 Å². The van der Waals surface area contributed by atoms with Gasteiger partial charge in [-0.1, -0.05) is 11.3 Å². The summed E-state index contributed by atoms with van der Waals surface area (Å²) in [5, 5.41) is 1.01. The Labute approximate surface area is 147 Å². The molecule has 0 N–H and O–H groups in total. The molecule has 9 heteroatoms. The van der Waals surface area contributed by atoms with Crippen LogP contribution in [0.5, 0.6) is 5.06 Å². The van der Waals surface area contributed by atoms with Crippen molar-refractivity contribution in [3.05, 3.63) is 47.1 Å². The molecule has 4 rings (SSSR count). The Kier molecular flexibility index (Phi) is 3.85.